The van der Waals surface area contributed by atoms with E-state index in [-0.39, 0.29) is 16.6 Å². The van der Waals surface area contributed by atoms with Gasteiger partial charge in [-0.05, 0) is 61.9 Å². The zero-order valence-corrected chi connectivity index (χ0v) is 19.5. The van der Waals surface area contributed by atoms with Gasteiger partial charge in [-0.2, -0.15) is 4.31 Å². The molecule has 0 saturated carbocycles. The van der Waals surface area contributed by atoms with E-state index in [2.05, 4.69) is 5.32 Å². The number of aryl methyl sites for hydroxylation is 1. The van der Waals surface area contributed by atoms with Crippen molar-refractivity contribution < 1.29 is 17.9 Å². The Hall–Kier alpha value is -2.97. The minimum atomic E-state index is -3.72. The van der Waals surface area contributed by atoms with E-state index in [1.165, 1.54) is 17.5 Å². The molecule has 2 aliphatic rings. The zero-order chi connectivity index (χ0) is 23.0. The lowest BCUT2D eigenvalue weighted by Gasteiger charge is -2.26. The fraction of sp³-hybridized carbons (Fsp3) is 0.360. The maximum atomic E-state index is 13.5. The lowest BCUT2D eigenvalue weighted by Crippen LogP contribution is -2.35. The number of carbonyl (C=O) groups is 1. The number of rotatable bonds is 5. The van der Waals surface area contributed by atoms with Gasteiger partial charge in [-0.1, -0.05) is 24.6 Å². The summed E-state index contributed by atoms with van der Waals surface area (Å²) in [5.41, 5.74) is 3.81. The number of nitrogens with zero attached hydrogens (tertiary/aromatic N) is 2. The summed E-state index contributed by atoms with van der Waals surface area (Å²) < 4.78 is 33.5. The number of ether oxygens (including phenoxy) is 1. The van der Waals surface area contributed by atoms with Gasteiger partial charge >= 0.3 is 0 Å². The second kappa shape index (κ2) is 8.76. The van der Waals surface area contributed by atoms with Gasteiger partial charge in [-0.25, -0.2) is 8.42 Å². The van der Waals surface area contributed by atoms with E-state index in [0.717, 1.165) is 60.7 Å². The van der Waals surface area contributed by atoms with Crippen LogP contribution in [0.15, 0.2) is 47.4 Å². The molecule has 0 bridgehead atoms. The van der Waals surface area contributed by atoms with E-state index in [4.69, 9.17) is 9.72 Å². The Labute approximate surface area is 193 Å². The number of amides is 1. The molecule has 1 aliphatic heterocycles. The van der Waals surface area contributed by atoms with Crippen LogP contribution < -0.4 is 10.1 Å². The Bertz CT molecular complexity index is 1330. The van der Waals surface area contributed by atoms with Gasteiger partial charge in [0, 0.05) is 29.9 Å². The molecule has 1 amide bonds. The SMILES string of the molecule is COc1ccc(NC(=O)c2c3c(nc4ccccc24)CCC3)cc1S(=O)(=O)N1CCCCC1. The van der Waals surface area contributed by atoms with E-state index < -0.39 is 10.0 Å². The molecule has 1 N–H and O–H groups in total. The van der Waals surface area contributed by atoms with Crippen molar-refractivity contribution in [3.05, 3.63) is 59.3 Å². The number of nitrogens with one attached hydrogen (secondary N) is 1. The summed E-state index contributed by atoms with van der Waals surface area (Å²) in [5.74, 6) is 0.0204. The standard InChI is InChI=1S/C25H27N3O4S/c1-32-22-13-12-17(16-23(22)33(30,31)28-14-5-2-6-15-28)26-25(29)24-18-8-3-4-10-20(18)27-21-11-7-9-19(21)24/h3-4,8,10,12-13,16H,2,5-7,9,11,14-15H2,1H3,(H,26,29). The van der Waals surface area contributed by atoms with Gasteiger partial charge in [0.15, 0.2) is 0 Å². The molecule has 1 aliphatic carbocycles. The highest BCUT2D eigenvalue weighted by molar-refractivity contribution is 7.89. The highest BCUT2D eigenvalue weighted by Crippen LogP contribution is 2.33. The molecule has 33 heavy (non-hydrogen) atoms. The fourth-order valence-electron chi connectivity index (χ4n) is 4.86. The van der Waals surface area contributed by atoms with Crippen molar-refractivity contribution in [3.63, 3.8) is 0 Å². The van der Waals surface area contributed by atoms with Crippen molar-refractivity contribution in [3.8, 4) is 5.75 Å². The van der Waals surface area contributed by atoms with Gasteiger partial charge in [0.05, 0.1) is 18.2 Å². The molecular formula is C25H27N3O4S. The van der Waals surface area contributed by atoms with E-state index in [1.54, 1.807) is 12.1 Å². The number of anilines is 1. The molecule has 0 spiro atoms. The number of piperidine rings is 1. The molecule has 1 aromatic heterocycles. The molecule has 3 aromatic rings. The van der Waals surface area contributed by atoms with Crippen molar-refractivity contribution in [1.82, 2.24) is 9.29 Å². The number of aromatic nitrogens is 1. The molecule has 0 atom stereocenters. The predicted octanol–water partition coefficient (Wildman–Crippen LogP) is 4.16. The molecule has 2 aromatic carbocycles. The zero-order valence-electron chi connectivity index (χ0n) is 18.6. The first kappa shape index (κ1) is 21.9. The second-order valence-corrected chi connectivity index (χ2v) is 10.5. The van der Waals surface area contributed by atoms with Crippen molar-refractivity contribution in [2.45, 2.75) is 43.4 Å². The third-order valence-electron chi connectivity index (χ3n) is 6.50. The van der Waals surface area contributed by atoms with Crippen LogP contribution in [0.25, 0.3) is 10.9 Å². The summed E-state index contributed by atoms with van der Waals surface area (Å²) in [5, 5.41) is 3.75. The molecule has 1 saturated heterocycles. The summed E-state index contributed by atoms with van der Waals surface area (Å²) in [6, 6.07) is 12.4. The van der Waals surface area contributed by atoms with Crippen LogP contribution in [0.5, 0.6) is 5.75 Å². The molecule has 5 rings (SSSR count). The number of fused-ring (bicyclic) bond motifs is 2. The maximum Gasteiger partial charge on any atom is 0.256 e. The first-order valence-electron chi connectivity index (χ1n) is 11.4. The summed E-state index contributed by atoms with van der Waals surface area (Å²) in [7, 11) is -2.27. The van der Waals surface area contributed by atoms with Crippen LogP contribution in [-0.4, -0.2) is 43.8 Å². The molecule has 0 unspecified atom stereocenters. The van der Waals surface area contributed by atoms with E-state index in [0.29, 0.717) is 24.3 Å². The Kier molecular flexibility index (Phi) is 5.80. The topological polar surface area (TPSA) is 88.6 Å². The minimum Gasteiger partial charge on any atom is -0.495 e. The number of para-hydroxylation sites is 1. The van der Waals surface area contributed by atoms with E-state index in [1.807, 2.05) is 24.3 Å². The van der Waals surface area contributed by atoms with Gasteiger partial charge in [-0.15, -0.1) is 0 Å². The summed E-state index contributed by atoms with van der Waals surface area (Å²) >= 11 is 0. The molecule has 1 fully saturated rings. The molecule has 172 valence electrons. The molecule has 0 radical (unpaired) electrons. The van der Waals surface area contributed by atoms with Gasteiger partial charge < -0.3 is 10.1 Å². The van der Waals surface area contributed by atoms with Crippen molar-refractivity contribution >= 4 is 32.5 Å². The summed E-state index contributed by atoms with van der Waals surface area (Å²) in [6.45, 7) is 0.994. The maximum absolute atomic E-state index is 13.5. The van der Waals surface area contributed by atoms with Crippen LogP contribution >= 0.6 is 0 Å². The largest absolute Gasteiger partial charge is 0.495 e. The predicted molar refractivity (Wildman–Crippen MR) is 127 cm³/mol. The first-order chi connectivity index (χ1) is 16.0. The molecule has 2 heterocycles. The molecule has 8 heteroatoms. The van der Waals surface area contributed by atoms with Crippen LogP contribution in [0, 0.1) is 0 Å². The lowest BCUT2D eigenvalue weighted by molar-refractivity contribution is 0.102. The number of methoxy groups -OCH3 is 1. The van der Waals surface area contributed by atoms with Crippen molar-refractivity contribution in [2.24, 2.45) is 0 Å². The van der Waals surface area contributed by atoms with Gasteiger partial charge in [0.1, 0.15) is 10.6 Å². The van der Waals surface area contributed by atoms with Gasteiger partial charge in [0.2, 0.25) is 10.0 Å². The van der Waals surface area contributed by atoms with Gasteiger partial charge in [0.25, 0.3) is 5.91 Å². The van der Waals surface area contributed by atoms with Crippen LogP contribution in [0.2, 0.25) is 0 Å². The monoisotopic (exact) mass is 465 g/mol. The third kappa shape index (κ3) is 3.98. The van der Waals surface area contributed by atoms with Gasteiger partial charge in [-0.3, -0.25) is 9.78 Å². The van der Waals surface area contributed by atoms with Crippen LogP contribution in [0.1, 0.15) is 47.3 Å². The quantitative estimate of drug-likeness (QED) is 0.611. The second-order valence-electron chi connectivity index (χ2n) is 8.57. The van der Waals surface area contributed by atoms with Crippen LogP contribution in [0.3, 0.4) is 0 Å². The number of hydrogen-bond acceptors (Lipinski definition) is 5. The average molecular weight is 466 g/mol. The molecular weight excluding hydrogens is 438 g/mol. The fourth-order valence-corrected chi connectivity index (χ4v) is 6.56. The lowest BCUT2D eigenvalue weighted by atomic mass is 10.0. The van der Waals surface area contributed by atoms with E-state index in [9.17, 15) is 13.2 Å². The average Bonchev–Trinajstić information content (AvgIpc) is 3.31. The Morgan fingerprint density at radius 2 is 1.82 bits per heavy atom. The smallest absolute Gasteiger partial charge is 0.256 e. The minimum absolute atomic E-state index is 0.0783. The highest BCUT2D eigenvalue weighted by atomic mass is 32.2. The van der Waals surface area contributed by atoms with Crippen molar-refractivity contribution in [2.75, 3.05) is 25.5 Å². The number of benzene rings is 2. The first-order valence-corrected chi connectivity index (χ1v) is 12.8. The highest BCUT2D eigenvalue weighted by Gasteiger charge is 2.30. The van der Waals surface area contributed by atoms with E-state index >= 15 is 0 Å². The number of carbonyl (C=O) groups excluding carboxylic acids is 1. The third-order valence-corrected chi connectivity index (χ3v) is 8.42. The van der Waals surface area contributed by atoms with Crippen molar-refractivity contribution in [1.29, 1.82) is 0 Å². The van der Waals surface area contributed by atoms with Crippen LogP contribution in [0.4, 0.5) is 5.69 Å². The Morgan fingerprint density at radius 3 is 2.61 bits per heavy atom. The Balaban J connectivity index is 1.52. The van der Waals surface area contributed by atoms with Crippen LogP contribution in [-0.2, 0) is 22.9 Å². The normalized spacial score (nSPS) is 16.5. The summed E-state index contributed by atoms with van der Waals surface area (Å²) in [6.07, 6.45) is 5.37. The number of pyridine rings is 1. The number of sulfonamides is 1. The molecule has 7 nitrogen and oxygen atoms in total. The summed E-state index contributed by atoms with van der Waals surface area (Å²) in [4.78, 5) is 18.3. The number of hydrogen-bond donors (Lipinski definition) is 1. The Morgan fingerprint density at radius 1 is 1.03 bits per heavy atom.